The molecule has 0 spiro atoms. The lowest BCUT2D eigenvalue weighted by Crippen LogP contribution is -2.47. The van der Waals surface area contributed by atoms with Crippen LogP contribution in [0.5, 0.6) is 0 Å². The Balaban J connectivity index is 1.53. The van der Waals surface area contributed by atoms with E-state index in [1.54, 1.807) is 12.1 Å². The van der Waals surface area contributed by atoms with Crippen LogP contribution in [0.2, 0.25) is 0 Å². The van der Waals surface area contributed by atoms with Crippen molar-refractivity contribution in [1.82, 2.24) is 4.90 Å². The molecule has 1 aliphatic heterocycles. The summed E-state index contributed by atoms with van der Waals surface area (Å²) in [6.07, 6.45) is 2.63. The van der Waals surface area contributed by atoms with Crippen LogP contribution in [0.4, 0.5) is 11.4 Å². The minimum atomic E-state index is -0.101. The Morgan fingerprint density at radius 1 is 1.17 bits per heavy atom. The molecule has 6 heteroatoms. The highest BCUT2D eigenvalue weighted by Gasteiger charge is 2.37. The minimum Gasteiger partial charge on any atom is -0.326 e. The molecular weight excluding hydrogens is 310 g/mol. The largest absolute Gasteiger partial charge is 0.326 e. The van der Waals surface area contributed by atoms with E-state index in [0.29, 0.717) is 12.6 Å². The minimum absolute atomic E-state index is 0.0369. The molecule has 2 fully saturated rings. The first-order valence-corrected chi connectivity index (χ1v) is 9.26. The van der Waals surface area contributed by atoms with Gasteiger partial charge in [0.1, 0.15) is 0 Å². The lowest BCUT2D eigenvalue weighted by atomic mass is 10.1. The van der Waals surface area contributed by atoms with Gasteiger partial charge in [-0.25, -0.2) is 0 Å². The van der Waals surface area contributed by atoms with Gasteiger partial charge in [-0.3, -0.25) is 14.5 Å². The quantitative estimate of drug-likeness (QED) is 0.869. The first-order valence-electron chi connectivity index (χ1n) is 8.11. The standard InChI is InChI=1S/C17H23N3O2S/c1-12(21)18-14-4-6-15(7-5-14)19-17(22)10-20-8-9-23-11-16(20)13-2-3-13/h4-7,13,16H,2-3,8-11H2,1H3,(H,18,21)(H,19,22). The van der Waals surface area contributed by atoms with Crippen molar-refractivity contribution >= 4 is 35.0 Å². The predicted molar refractivity (Wildman–Crippen MR) is 94.8 cm³/mol. The number of anilines is 2. The van der Waals surface area contributed by atoms with Crippen LogP contribution in [0, 0.1) is 5.92 Å². The predicted octanol–water partition coefficient (Wildman–Crippen LogP) is 2.41. The van der Waals surface area contributed by atoms with Gasteiger partial charge in [-0.1, -0.05) is 0 Å². The third-order valence-electron chi connectivity index (χ3n) is 4.28. The van der Waals surface area contributed by atoms with Gasteiger partial charge in [0.2, 0.25) is 11.8 Å². The van der Waals surface area contributed by atoms with Crippen molar-refractivity contribution in [2.45, 2.75) is 25.8 Å². The van der Waals surface area contributed by atoms with Crippen molar-refractivity contribution in [1.29, 1.82) is 0 Å². The molecule has 124 valence electrons. The summed E-state index contributed by atoms with van der Waals surface area (Å²) in [5, 5.41) is 5.66. The monoisotopic (exact) mass is 333 g/mol. The molecular formula is C17H23N3O2S. The maximum atomic E-state index is 12.3. The number of carbonyl (C=O) groups is 2. The first-order chi connectivity index (χ1) is 11.1. The van der Waals surface area contributed by atoms with E-state index >= 15 is 0 Å². The molecule has 1 saturated heterocycles. The fourth-order valence-electron chi connectivity index (χ4n) is 2.99. The number of nitrogens with zero attached hydrogens (tertiary/aromatic N) is 1. The summed E-state index contributed by atoms with van der Waals surface area (Å²) in [5.74, 6) is 3.00. The molecule has 0 radical (unpaired) electrons. The van der Waals surface area contributed by atoms with E-state index in [4.69, 9.17) is 0 Å². The molecule has 2 amide bonds. The molecule has 0 bridgehead atoms. The van der Waals surface area contributed by atoms with Crippen molar-refractivity contribution in [2.75, 3.05) is 35.2 Å². The van der Waals surface area contributed by atoms with E-state index < -0.39 is 0 Å². The summed E-state index contributed by atoms with van der Waals surface area (Å²) >= 11 is 2.00. The number of carbonyl (C=O) groups excluding carboxylic acids is 2. The van der Waals surface area contributed by atoms with Crippen molar-refractivity contribution in [3.05, 3.63) is 24.3 Å². The number of hydrogen-bond acceptors (Lipinski definition) is 4. The molecule has 1 heterocycles. The first kappa shape index (κ1) is 16.3. The molecule has 1 aliphatic carbocycles. The molecule has 5 nitrogen and oxygen atoms in total. The Kier molecular flexibility index (Phi) is 5.23. The number of nitrogens with one attached hydrogen (secondary N) is 2. The average Bonchev–Trinajstić information content (AvgIpc) is 3.34. The van der Waals surface area contributed by atoms with Crippen molar-refractivity contribution < 1.29 is 9.59 Å². The maximum absolute atomic E-state index is 12.3. The molecule has 2 N–H and O–H groups in total. The van der Waals surface area contributed by atoms with E-state index in [-0.39, 0.29) is 11.8 Å². The fourth-order valence-corrected chi connectivity index (χ4v) is 4.25. The molecule has 1 aromatic carbocycles. The van der Waals surface area contributed by atoms with Crippen LogP contribution in [0.15, 0.2) is 24.3 Å². The van der Waals surface area contributed by atoms with Gasteiger partial charge in [0.15, 0.2) is 0 Å². The van der Waals surface area contributed by atoms with Gasteiger partial charge in [0.25, 0.3) is 0 Å². The maximum Gasteiger partial charge on any atom is 0.238 e. The highest BCUT2D eigenvalue weighted by Crippen LogP contribution is 2.38. The van der Waals surface area contributed by atoms with Crippen LogP contribution in [0.25, 0.3) is 0 Å². The summed E-state index contributed by atoms with van der Waals surface area (Å²) in [4.78, 5) is 25.6. The summed E-state index contributed by atoms with van der Waals surface area (Å²) in [7, 11) is 0. The summed E-state index contributed by atoms with van der Waals surface area (Å²) in [6.45, 7) is 2.94. The van der Waals surface area contributed by atoms with Crippen LogP contribution in [0.1, 0.15) is 19.8 Å². The zero-order valence-corrected chi connectivity index (χ0v) is 14.2. The normalized spacial score (nSPS) is 21.7. The zero-order valence-electron chi connectivity index (χ0n) is 13.4. The number of benzene rings is 1. The number of rotatable bonds is 5. The molecule has 0 aromatic heterocycles. The SMILES string of the molecule is CC(=O)Nc1ccc(NC(=O)CN2CCSCC2C2CC2)cc1. The number of amides is 2. The Labute approximate surface area is 141 Å². The summed E-state index contributed by atoms with van der Waals surface area (Å²) in [6, 6.07) is 7.78. The fraction of sp³-hybridized carbons (Fsp3) is 0.529. The molecule has 2 aliphatic rings. The van der Waals surface area contributed by atoms with Crippen LogP contribution < -0.4 is 10.6 Å². The zero-order chi connectivity index (χ0) is 16.2. The number of hydrogen-bond donors (Lipinski definition) is 2. The second-order valence-corrected chi connectivity index (χ2v) is 7.41. The van der Waals surface area contributed by atoms with Crippen molar-refractivity contribution in [2.24, 2.45) is 5.92 Å². The third kappa shape index (κ3) is 4.72. The van der Waals surface area contributed by atoms with Gasteiger partial charge in [-0.15, -0.1) is 0 Å². The van der Waals surface area contributed by atoms with E-state index in [0.717, 1.165) is 35.3 Å². The van der Waals surface area contributed by atoms with Crippen LogP contribution in [-0.4, -0.2) is 47.4 Å². The Bertz CT molecular complexity index is 572. The molecule has 1 atom stereocenters. The van der Waals surface area contributed by atoms with Gasteiger partial charge in [0.05, 0.1) is 6.54 Å². The topological polar surface area (TPSA) is 61.4 Å². The number of thioether (sulfide) groups is 1. The smallest absolute Gasteiger partial charge is 0.238 e. The molecule has 1 aromatic rings. The van der Waals surface area contributed by atoms with Crippen molar-refractivity contribution in [3.8, 4) is 0 Å². The third-order valence-corrected chi connectivity index (χ3v) is 5.33. The second kappa shape index (κ2) is 7.36. The Morgan fingerprint density at radius 2 is 1.83 bits per heavy atom. The average molecular weight is 333 g/mol. The Hall–Kier alpha value is -1.53. The van der Waals surface area contributed by atoms with Gasteiger partial charge in [0, 0.05) is 42.4 Å². The van der Waals surface area contributed by atoms with Crippen LogP contribution in [-0.2, 0) is 9.59 Å². The van der Waals surface area contributed by atoms with Gasteiger partial charge < -0.3 is 10.6 Å². The lowest BCUT2D eigenvalue weighted by molar-refractivity contribution is -0.118. The lowest BCUT2D eigenvalue weighted by Gasteiger charge is -2.35. The van der Waals surface area contributed by atoms with Crippen molar-refractivity contribution in [3.63, 3.8) is 0 Å². The molecule has 1 unspecified atom stereocenters. The summed E-state index contributed by atoms with van der Waals surface area (Å²) in [5.41, 5.74) is 1.50. The van der Waals surface area contributed by atoms with Gasteiger partial charge in [-0.05, 0) is 43.0 Å². The van der Waals surface area contributed by atoms with E-state index in [1.807, 2.05) is 23.9 Å². The van der Waals surface area contributed by atoms with Crippen LogP contribution in [0.3, 0.4) is 0 Å². The van der Waals surface area contributed by atoms with Gasteiger partial charge in [-0.2, -0.15) is 11.8 Å². The highest BCUT2D eigenvalue weighted by atomic mass is 32.2. The second-order valence-electron chi connectivity index (χ2n) is 6.26. The molecule has 3 rings (SSSR count). The molecule has 1 saturated carbocycles. The van der Waals surface area contributed by atoms with E-state index in [1.165, 1.54) is 19.8 Å². The molecule has 23 heavy (non-hydrogen) atoms. The Morgan fingerprint density at radius 3 is 2.43 bits per heavy atom. The van der Waals surface area contributed by atoms with Gasteiger partial charge >= 0.3 is 0 Å². The highest BCUT2D eigenvalue weighted by molar-refractivity contribution is 7.99. The van der Waals surface area contributed by atoms with Crippen LogP contribution >= 0.6 is 11.8 Å². The van der Waals surface area contributed by atoms with E-state index in [2.05, 4.69) is 15.5 Å². The summed E-state index contributed by atoms with van der Waals surface area (Å²) < 4.78 is 0. The van der Waals surface area contributed by atoms with E-state index in [9.17, 15) is 9.59 Å².